The lowest BCUT2D eigenvalue weighted by molar-refractivity contribution is -0.0727. The molecule has 198 valence electrons. The topological polar surface area (TPSA) is 97.7 Å². The van der Waals surface area contributed by atoms with Crippen LogP contribution in [0.3, 0.4) is 0 Å². The van der Waals surface area contributed by atoms with Gasteiger partial charge in [-0.25, -0.2) is 4.98 Å². The number of piperidine rings is 1. The summed E-state index contributed by atoms with van der Waals surface area (Å²) in [5, 5.41) is 27.8. The van der Waals surface area contributed by atoms with E-state index in [2.05, 4.69) is 62.0 Å². The van der Waals surface area contributed by atoms with E-state index in [9.17, 15) is 5.26 Å². The van der Waals surface area contributed by atoms with Crippen LogP contribution in [0.1, 0.15) is 56.1 Å². The monoisotopic (exact) mass is 527 g/mol. The molecule has 4 saturated carbocycles. The zero-order chi connectivity index (χ0) is 25.5. The lowest BCUT2D eigenvalue weighted by atomic mass is 9.48. The van der Waals surface area contributed by atoms with Gasteiger partial charge in [-0.05, 0) is 104 Å². The largest absolute Gasteiger partial charge is 0.368 e. The van der Waals surface area contributed by atoms with Crippen molar-refractivity contribution in [2.75, 3.05) is 30.3 Å². The summed E-state index contributed by atoms with van der Waals surface area (Å²) >= 11 is 1.76. The van der Waals surface area contributed by atoms with E-state index in [1.54, 1.807) is 17.5 Å². The Bertz CT molecular complexity index is 1320. The van der Waals surface area contributed by atoms with Crippen molar-refractivity contribution in [3.05, 3.63) is 47.0 Å². The molecule has 1 aromatic carbocycles. The Hall–Kier alpha value is -2.73. The maximum Gasteiger partial charge on any atom is 0.224 e. The van der Waals surface area contributed by atoms with Crippen LogP contribution in [0.25, 0.3) is 10.1 Å². The number of benzene rings is 1. The van der Waals surface area contributed by atoms with Gasteiger partial charge in [0.1, 0.15) is 17.5 Å². The van der Waals surface area contributed by atoms with Crippen molar-refractivity contribution in [2.45, 2.75) is 63.6 Å². The third kappa shape index (κ3) is 4.66. The minimum Gasteiger partial charge on any atom is -0.368 e. The van der Waals surface area contributed by atoms with Gasteiger partial charge in [0.25, 0.3) is 0 Å². The zero-order valence-electron chi connectivity index (χ0n) is 21.9. The molecule has 5 fully saturated rings. The van der Waals surface area contributed by atoms with Crippen molar-refractivity contribution in [3.63, 3.8) is 0 Å². The molecule has 5 aliphatic rings. The molecule has 7 nitrogen and oxygen atoms in total. The van der Waals surface area contributed by atoms with Crippen LogP contribution in [0.15, 0.2) is 35.8 Å². The van der Waals surface area contributed by atoms with E-state index in [0.717, 1.165) is 37.4 Å². The molecule has 8 heteroatoms. The highest BCUT2D eigenvalue weighted by Crippen LogP contribution is 2.60. The molecule has 3 aromatic rings. The number of hydrogen-bond donors (Lipinski definition) is 4. The summed E-state index contributed by atoms with van der Waals surface area (Å²) in [4.78, 5) is 9.20. The second kappa shape index (κ2) is 10.1. The minimum atomic E-state index is 0.322. The first kappa shape index (κ1) is 24.3. The van der Waals surface area contributed by atoms with E-state index in [4.69, 9.17) is 4.98 Å². The van der Waals surface area contributed by atoms with Gasteiger partial charge in [-0.2, -0.15) is 10.2 Å². The molecule has 0 radical (unpaired) electrons. The number of fused-ring (bicyclic) bond motifs is 1. The maximum atomic E-state index is 9.76. The molecule has 1 unspecified atom stereocenters. The van der Waals surface area contributed by atoms with Gasteiger partial charge in [0.2, 0.25) is 5.95 Å². The molecule has 5 atom stereocenters. The molecule has 0 spiro atoms. The summed E-state index contributed by atoms with van der Waals surface area (Å²) in [5.41, 5.74) is 2.08. The van der Waals surface area contributed by atoms with Gasteiger partial charge in [0.05, 0.1) is 6.20 Å². The first-order valence-corrected chi connectivity index (χ1v) is 15.2. The van der Waals surface area contributed by atoms with E-state index in [-0.39, 0.29) is 0 Å². The van der Waals surface area contributed by atoms with Crippen LogP contribution in [0.5, 0.6) is 0 Å². The highest BCUT2D eigenvalue weighted by Gasteiger charge is 2.55. The Morgan fingerprint density at radius 3 is 2.74 bits per heavy atom. The lowest BCUT2D eigenvalue weighted by Crippen LogP contribution is -2.61. The van der Waals surface area contributed by atoms with E-state index < -0.39 is 0 Å². The fourth-order valence-electron chi connectivity index (χ4n) is 8.27. The molecule has 0 amide bonds. The first-order valence-electron chi connectivity index (χ1n) is 14.3. The van der Waals surface area contributed by atoms with Crippen LogP contribution in [0.4, 0.5) is 11.8 Å². The summed E-state index contributed by atoms with van der Waals surface area (Å²) < 4.78 is 1.29. The number of hydrogen-bond acceptors (Lipinski definition) is 8. The Balaban J connectivity index is 1.03. The zero-order valence-corrected chi connectivity index (χ0v) is 22.7. The predicted octanol–water partition coefficient (Wildman–Crippen LogP) is 5.12. The SMILES string of the molecule is N#Cc1cnc(NCc2cccc3ccsc23)nc1NC[C@]12CC3C[C@H](C1)[C@@H](NC1CCNCC1)[C@@H](C3)C2. The summed E-state index contributed by atoms with van der Waals surface area (Å²) in [7, 11) is 0. The Kier molecular flexibility index (Phi) is 6.47. The summed E-state index contributed by atoms with van der Waals surface area (Å²) in [5.74, 6) is 3.67. The van der Waals surface area contributed by atoms with Gasteiger partial charge in [0, 0.05) is 29.9 Å². The molecule has 1 saturated heterocycles. The molecule has 4 bridgehead atoms. The van der Waals surface area contributed by atoms with Gasteiger partial charge >= 0.3 is 0 Å². The molecule has 4 N–H and O–H groups in total. The Morgan fingerprint density at radius 2 is 1.92 bits per heavy atom. The Labute approximate surface area is 228 Å². The van der Waals surface area contributed by atoms with Crippen LogP contribution in [0.2, 0.25) is 0 Å². The van der Waals surface area contributed by atoms with Crippen molar-refractivity contribution < 1.29 is 0 Å². The van der Waals surface area contributed by atoms with Gasteiger partial charge in [-0.1, -0.05) is 18.2 Å². The maximum absolute atomic E-state index is 9.76. The van der Waals surface area contributed by atoms with E-state index >= 15 is 0 Å². The van der Waals surface area contributed by atoms with Crippen molar-refractivity contribution >= 4 is 33.2 Å². The van der Waals surface area contributed by atoms with Crippen LogP contribution in [-0.4, -0.2) is 41.7 Å². The average Bonchev–Trinajstić information content (AvgIpc) is 3.43. The first-order chi connectivity index (χ1) is 18.7. The third-order valence-corrected chi connectivity index (χ3v) is 10.7. The van der Waals surface area contributed by atoms with Gasteiger partial charge in [0.15, 0.2) is 0 Å². The molecule has 1 aliphatic heterocycles. The highest BCUT2D eigenvalue weighted by atomic mass is 32.1. The minimum absolute atomic E-state index is 0.322. The number of thiophene rings is 1. The molecular formula is C30H37N7S. The summed E-state index contributed by atoms with van der Waals surface area (Å²) in [6.45, 7) is 3.85. The number of rotatable bonds is 8. The quantitative estimate of drug-likeness (QED) is 0.323. The van der Waals surface area contributed by atoms with E-state index in [1.165, 1.54) is 60.6 Å². The molecule has 38 heavy (non-hydrogen) atoms. The smallest absolute Gasteiger partial charge is 0.224 e. The molecule has 2 aromatic heterocycles. The third-order valence-electron chi connectivity index (χ3n) is 9.70. The fraction of sp³-hybridized carbons (Fsp3) is 0.567. The van der Waals surface area contributed by atoms with Crippen molar-refractivity contribution in [3.8, 4) is 6.07 Å². The standard InChI is InChI=1S/C30H37N7S/c31-15-24-17-34-29(33-16-21-3-1-2-20-6-9-38-27(20)21)37-28(24)35-18-30-12-19-10-22(13-30)26(23(11-19)14-30)36-25-4-7-32-8-5-25/h1-3,6,9,17,19,22-23,25-26,32,36H,4-5,7-8,10-14,16,18H2,(H2,33,34,35,37)/t19?,22-,23+,26-,30-. The molecule has 3 heterocycles. The van der Waals surface area contributed by atoms with Crippen LogP contribution in [0, 0.1) is 34.5 Å². The van der Waals surface area contributed by atoms with E-state index in [0.29, 0.717) is 41.4 Å². The summed E-state index contributed by atoms with van der Waals surface area (Å²) in [6, 6.07) is 12.2. The van der Waals surface area contributed by atoms with E-state index in [1.807, 2.05) is 0 Å². The van der Waals surface area contributed by atoms with Gasteiger partial charge in [-0.3, -0.25) is 0 Å². The average molecular weight is 528 g/mol. The molecule has 4 aliphatic carbocycles. The van der Waals surface area contributed by atoms with Crippen LogP contribution in [-0.2, 0) is 6.54 Å². The van der Waals surface area contributed by atoms with Crippen LogP contribution < -0.4 is 21.3 Å². The lowest BCUT2D eigenvalue weighted by Gasteiger charge is -2.61. The number of nitrogens with zero attached hydrogens (tertiary/aromatic N) is 3. The van der Waals surface area contributed by atoms with Crippen LogP contribution >= 0.6 is 11.3 Å². The number of aromatic nitrogens is 2. The van der Waals surface area contributed by atoms with Gasteiger partial charge in [-0.15, -0.1) is 11.3 Å². The second-order valence-corrected chi connectivity index (χ2v) is 13.1. The number of nitriles is 1. The van der Waals surface area contributed by atoms with Crippen molar-refractivity contribution in [2.24, 2.45) is 23.2 Å². The van der Waals surface area contributed by atoms with Gasteiger partial charge < -0.3 is 21.3 Å². The molecule has 8 rings (SSSR count). The second-order valence-electron chi connectivity index (χ2n) is 12.2. The fourth-order valence-corrected chi connectivity index (χ4v) is 9.18. The summed E-state index contributed by atoms with van der Waals surface area (Å²) in [6.07, 6.45) is 10.9. The normalized spacial score (nSPS) is 30.4. The number of nitrogens with one attached hydrogen (secondary N) is 4. The molecular weight excluding hydrogens is 490 g/mol. The predicted molar refractivity (Wildman–Crippen MR) is 153 cm³/mol. The Morgan fingerprint density at radius 1 is 1.08 bits per heavy atom. The van der Waals surface area contributed by atoms with Crippen molar-refractivity contribution in [1.29, 1.82) is 5.26 Å². The highest BCUT2D eigenvalue weighted by molar-refractivity contribution is 7.17. The number of anilines is 2. The van der Waals surface area contributed by atoms with Crippen molar-refractivity contribution in [1.82, 2.24) is 20.6 Å².